The summed E-state index contributed by atoms with van der Waals surface area (Å²) < 4.78 is 4.92. The number of nitro groups is 1. The number of carbonyl (C=O) groups is 1. The van der Waals surface area contributed by atoms with Gasteiger partial charge in [0.2, 0.25) is 0 Å². The van der Waals surface area contributed by atoms with Crippen LogP contribution in [0.25, 0.3) is 0 Å². The van der Waals surface area contributed by atoms with Crippen molar-refractivity contribution in [3.8, 4) is 5.75 Å². The van der Waals surface area contributed by atoms with Crippen molar-refractivity contribution in [3.05, 3.63) is 33.9 Å². The quantitative estimate of drug-likeness (QED) is 0.631. The molecule has 0 unspecified atom stereocenters. The van der Waals surface area contributed by atoms with E-state index < -0.39 is 4.92 Å². The van der Waals surface area contributed by atoms with Crippen molar-refractivity contribution in [2.24, 2.45) is 5.92 Å². The molecule has 0 aliphatic carbocycles. The maximum absolute atomic E-state index is 12.1. The molecule has 0 aromatic heterocycles. The number of hydrogen-bond acceptors (Lipinski definition) is 5. The number of hydrogen-bond donors (Lipinski definition) is 2. The summed E-state index contributed by atoms with van der Waals surface area (Å²) in [5.41, 5.74) is 0.0726. The number of nitrogens with zero attached hydrogens (tertiary/aromatic N) is 1. The molecule has 1 heterocycles. The maximum Gasteiger partial charge on any atom is 0.311 e. The Morgan fingerprint density at radius 1 is 1.48 bits per heavy atom. The molecule has 1 aromatic carbocycles. The number of benzene rings is 1. The van der Waals surface area contributed by atoms with Crippen LogP contribution in [0.1, 0.15) is 23.2 Å². The summed E-state index contributed by atoms with van der Waals surface area (Å²) in [7, 11) is 1.36. The van der Waals surface area contributed by atoms with E-state index in [1.807, 2.05) is 0 Å². The Morgan fingerprint density at radius 3 is 2.81 bits per heavy atom. The lowest BCUT2D eigenvalue weighted by atomic mass is 9.98. The molecule has 0 radical (unpaired) electrons. The molecule has 0 spiro atoms. The van der Waals surface area contributed by atoms with E-state index in [2.05, 4.69) is 10.6 Å². The van der Waals surface area contributed by atoms with Gasteiger partial charge in [-0.25, -0.2) is 0 Å². The lowest BCUT2D eigenvalue weighted by Gasteiger charge is -2.22. The molecule has 2 N–H and O–H groups in total. The molecular weight excluding hydrogens is 274 g/mol. The number of amides is 1. The summed E-state index contributed by atoms with van der Waals surface area (Å²) in [5, 5.41) is 17.1. The van der Waals surface area contributed by atoms with Crippen LogP contribution in [-0.4, -0.2) is 37.6 Å². The molecule has 0 bridgehead atoms. The van der Waals surface area contributed by atoms with E-state index in [1.165, 1.54) is 25.3 Å². The third-order valence-electron chi connectivity index (χ3n) is 3.65. The van der Waals surface area contributed by atoms with Gasteiger partial charge in [-0.3, -0.25) is 14.9 Å². The van der Waals surface area contributed by atoms with Crippen LogP contribution in [0.15, 0.2) is 18.2 Å². The van der Waals surface area contributed by atoms with Crippen molar-refractivity contribution in [2.45, 2.75) is 12.8 Å². The zero-order chi connectivity index (χ0) is 15.2. The highest BCUT2D eigenvalue weighted by Crippen LogP contribution is 2.27. The molecule has 7 heteroatoms. The summed E-state index contributed by atoms with van der Waals surface area (Å²) in [6.07, 6.45) is 2.06. The summed E-state index contributed by atoms with van der Waals surface area (Å²) in [5.74, 6) is 0.317. The van der Waals surface area contributed by atoms with Crippen molar-refractivity contribution in [1.29, 1.82) is 0 Å². The van der Waals surface area contributed by atoms with Gasteiger partial charge in [0.1, 0.15) is 0 Å². The molecule has 21 heavy (non-hydrogen) atoms. The Balaban J connectivity index is 2.01. The van der Waals surface area contributed by atoms with Crippen LogP contribution in [0.2, 0.25) is 0 Å². The molecule has 1 fully saturated rings. The zero-order valence-electron chi connectivity index (χ0n) is 11.9. The third-order valence-corrected chi connectivity index (χ3v) is 3.65. The number of methoxy groups -OCH3 is 1. The van der Waals surface area contributed by atoms with Crippen molar-refractivity contribution in [2.75, 3.05) is 26.7 Å². The van der Waals surface area contributed by atoms with E-state index in [0.717, 1.165) is 25.9 Å². The van der Waals surface area contributed by atoms with Crippen molar-refractivity contribution in [1.82, 2.24) is 10.6 Å². The predicted molar refractivity (Wildman–Crippen MR) is 77.6 cm³/mol. The van der Waals surface area contributed by atoms with Crippen LogP contribution < -0.4 is 15.4 Å². The fourth-order valence-corrected chi connectivity index (χ4v) is 2.40. The van der Waals surface area contributed by atoms with Gasteiger partial charge in [-0.05, 0) is 44.0 Å². The Hall–Kier alpha value is -2.15. The minimum absolute atomic E-state index is 0.148. The molecule has 0 saturated carbocycles. The smallest absolute Gasteiger partial charge is 0.311 e. The van der Waals surface area contributed by atoms with Crippen molar-refractivity contribution < 1.29 is 14.5 Å². The first-order valence-corrected chi connectivity index (χ1v) is 6.93. The van der Waals surface area contributed by atoms with E-state index in [1.54, 1.807) is 0 Å². The second-order valence-electron chi connectivity index (χ2n) is 5.05. The summed E-state index contributed by atoms with van der Waals surface area (Å²) in [6, 6.07) is 4.22. The molecule has 1 saturated heterocycles. The summed E-state index contributed by atoms with van der Waals surface area (Å²) in [6.45, 7) is 2.53. The first-order valence-electron chi connectivity index (χ1n) is 6.93. The minimum atomic E-state index is -0.553. The number of nitro benzene ring substituents is 1. The fourth-order valence-electron chi connectivity index (χ4n) is 2.40. The normalized spacial score (nSPS) is 15.5. The average molecular weight is 293 g/mol. The second-order valence-corrected chi connectivity index (χ2v) is 5.05. The lowest BCUT2D eigenvalue weighted by Crippen LogP contribution is -2.35. The van der Waals surface area contributed by atoms with E-state index in [4.69, 9.17) is 4.74 Å². The van der Waals surface area contributed by atoms with Crippen LogP contribution in [0.3, 0.4) is 0 Å². The number of rotatable bonds is 5. The average Bonchev–Trinajstić information content (AvgIpc) is 2.52. The van der Waals surface area contributed by atoms with E-state index in [-0.39, 0.29) is 22.9 Å². The Morgan fingerprint density at radius 2 is 2.19 bits per heavy atom. The first kappa shape index (κ1) is 15.2. The molecule has 7 nitrogen and oxygen atoms in total. The van der Waals surface area contributed by atoms with Gasteiger partial charge in [-0.1, -0.05) is 0 Å². The molecule has 1 aliphatic rings. The van der Waals surface area contributed by atoms with Gasteiger partial charge in [-0.15, -0.1) is 0 Å². The number of piperidine rings is 1. The zero-order valence-corrected chi connectivity index (χ0v) is 11.9. The van der Waals surface area contributed by atoms with Gasteiger partial charge in [-0.2, -0.15) is 0 Å². The first-order chi connectivity index (χ1) is 10.1. The fraction of sp³-hybridized carbons (Fsp3) is 0.500. The van der Waals surface area contributed by atoms with E-state index in [9.17, 15) is 14.9 Å². The van der Waals surface area contributed by atoms with Crippen LogP contribution in [-0.2, 0) is 0 Å². The van der Waals surface area contributed by atoms with Crippen LogP contribution in [0.4, 0.5) is 5.69 Å². The molecule has 0 atom stereocenters. The molecule has 1 aromatic rings. The monoisotopic (exact) mass is 293 g/mol. The highest BCUT2D eigenvalue weighted by Gasteiger charge is 2.19. The molecular formula is C14H19N3O4. The van der Waals surface area contributed by atoms with Crippen LogP contribution in [0.5, 0.6) is 5.75 Å². The highest BCUT2D eigenvalue weighted by molar-refractivity contribution is 5.95. The second kappa shape index (κ2) is 7.03. The molecule has 2 rings (SSSR count). The Bertz CT molecular complexity index is 527. The molecule has 1 aliphatic heterocycles. The van der Waals surface area contributed by atoms with Gasteiger partial charge in [0.15, 0.2) is 5.75 Å². The standard InChI is InChI=1S/C14H19N3O4/c1-21-13-3-2-11(8-12(13)17(19)20)14(18)16-9-10-4-6-15-7-5-10/h2-3,8,10,15H,4-7,9H2,1H3,(H,16,18). The molecule has 1 amide bonds. The highest BCUT2D eigenvalue weighted by atomic mass is 16.6. The van der Waals surface area contributed by atoms with E-state index >= 15 is 0 Å². The number of ether oxygens (including phenoxy) is 1. The summed E-state index contributed by atoms with van der Waals surface area (Å²) in [4.78, 5) is 22.5. The van der Waals surface area contributed by atoms with E-state index in [0.29, 0.717) is 12.5 Å². The maximum atomic E-state index is 12.1. The van der Waals surface area contributed by atoms with Crippen molar-refractivity contribution >= 4 is 11.6 Å². The minimum Gasteiger partial charge on any atom is -0.490 e. The largest absolute Gasteiger partial charge is 0.490 e. The number of carbonyl (C=O) groups excluding carboxylic acids is 1. The van der Waals surface area contributed by atoms with Crippen LogP contribution >= 0.6 is 0 Å². The van der Waals surface area contributed by atoms with Gasteiger partial charge >= 0.3 is 5.69 Å². The Kier molecular flexibility index (Phi) is 5.10. The summed E-state index contributed by atoms with van der Waals surface area (Å²) >= 11 is 0. The van der Waals surface area contributed by atoms with Crippen LogP contribution in [0, 0.1) is 16.0 Å². The number of nitrogens with one attached hydrogen (secondary N) is 2. The molecule has 114 valence electrons. The third kappa shape index (κ3) is 3.91. The van der Waals surface area contributed by atoms with Gasteiger partial charge < -0.3 is 15.4 Å². The lowest BCUT2D eigenvalue weighted by molar-refractivity contribution is -0.385. The van der Waals surface area contributed by atoms with Gasteiger partial charge in [0, 0.05) is 18.2 Å². The van der Waals surface area contributed by atoms with Crippen molar-refractivity contribution in [3.63, 3.8) is 0 Å². The van der Waals surface area contributed by atoms with Gasteiger partial charge in [0.25, 0.3) is 5.91 Å². The SMILES string of the molecule is COc1ccc(C(=O)NCC2CCNCC2)cc1[N+](=O)[O-]. The Labute approximate surface area is 122 Å². The van der Waals surface area contributed by atoms with Gasteiger partial charge in [0.05, 0.1) is 12.0 Å². The predicted octanol–water partition coefficient (Wildman–Crippen LogP) is 1.33. The topological polar surface area (TPSA) is 93.5 Å².